The van der Waals surface area contributed by atoms with Crippen molar-refractivity contribution in [1.82, 2.24) is 25.9 Å². The van der Waals surface area contributed by atoms with Crippen molar-refractivity contribution in [3.05, 3.63) is 47.6 Å². The van der Waals surface area contributed by atoms with E-state index in [1.807, 2.05) is 12.2 Å². The minimum Gasteiger partial charge on any atom is -0.404 e. The maximum Gasteiger partial charge on any atom is 0.405 e. The van der Waals surface area contributed by atoms with Crippen molar-refractivity contribution in [2.75, 3.05) is 19.8 Å². The molecule has 2 aromatic heterocycles. The molecule has 1 atom stereocenters. The van der Waals surface area contributed by atoms with Crippen LogP contribution in [0.3, 0.4) is 0 Å². The van der Waals surface area contributed by atoms with Crippen molar-refractivity contribution < 1.29 is 27.5 Å². The Morgan fingerprint density at radius 2 is 2.00 bits per heavy atom. The maximum absolute atomic E-state index is 12.8. The number of ether oxygens (including phenoxy) is 1. The van der Waals surface area contributed by atoms with Crippen molar-refractivity contribution in [2.24, 2.45) is 11.7 Å². The van der Waals surface area contributed by atoms with Gasteiger partial charge in [-0.25, -0.2) is 4.98 Å². The number of allylic oxidation sites excluding steroid dienone is 3. The third-order valence-corrected chi connectivity index (χ3v) is 6.30. The van der Waals surface area contributed by atoms with Gasteiger partial charge in [0.25, 0.3) is 5.91 Å². The van der Waals surface area contributed by atoms with E-state index >= 15 is 0 Å². The van der Waals surface area contributed by atoms with Gasteiger partial charge in [0.2, 0.25) is 5.91 Å². The molecule has 208 valence electrons. The number of hydrogen-bond acceptors (Lipinski definition) is 6. The van der Waals surface area contributed by atoms with Crippen LogP contribution in [0, 0.1) is 5.92 Å². The van der Waals surface area contributed by atoms with Gasteiger partial charge in [-0.3, -0.25) is 9.59 Å². The number of rotatable bonds is 10. The number of amides is 2. The maximum atomic E-state index is 12.8. The Morgan fingerprint density at radius 3 is 2.61 bits per heavy atom. The molecule has 0 radical (unpaired) electrons. The summed E-state index contributed by atoms with van der Waals surface area (Å²) in [6, 6.07) is 0.897. The minimum atomic E-state index is -4.50. The summed E-state index contributed by atoms with van der Waals surface area (Å²) in [6.07, 6.45) is 3.82. The lowest BCUT2D eigenvalue weighted by Gasteiger charge is -2.24. The Bertz CT molecular complexity index is 1180. The number of nitrogens with two attached hydrogens (primary N) is 1. The number of carbonyl (C=O) groups is 2. The molecule has 1 aliphatic rings. The van der Waals surface area contributed by atoms with E-state index in [-0.39, 0.29) is 17.9 Å². The van der Waals surface area contributed by atoms with Gasteiger partial charge in [-0.05, 0) is 37.3 Å². The second-order valence-corrected chi connectivity index (χ2v) is 9.53. The van der Waals surface area contributed by atoms with E-state index in [9.17, 15) is 22.8 Å². The molecule has 3 heterocycles. The number of fused-ring (bicyclic) bond motifs is 1. The first-order valence-electron chi connectivity index (χ1n) is 12.6. The Kier molecular flexibility index (Phi) is 9.78. The number of H-pyrrole nitrogens is 1. The summed E-state index contributed by atoms with van der Waals surface area (Å²) < 4.78 is 43.1. The average Bonchev–Trinajstić information content (AvgIpc) is 3.30. The van der Waals surface area contributed by atoms with Crippen molar-refractivity contribution in [3.8, 4) is 0 Å². The Morgan fingerprint density at radius 1 is 1.29 bits per heavy atom. The molecule has 1 fully saturated rings. The van der Waals surface area contributed by atoms with E-state index in [1.54, 1.807) is 32.2 Å². The molecular formula is C26H35F3N6O3. The van der Waals surface area contributed by atoms with Gasteiger partial charge in [-0.1, -0.05) is 20.8 Å². The van der Waals surface area contributed by atoms with Crippen LogP contribution in [0.1, 0.15) is 56.0 Å². The second kappa shape index (κ2) is 12.8. The van der Waals surface area contributed by atoms with Gasteiger partial charge in [-0.15, -0.1) is 0 Å². The molecule has 1 saturated heterocycles. The highest BCUT2D eigenvalue weighted by Crippen LogP contribution is 2.27. The van der Waals surface area contributed by atoms with E-state index in [4.69, 9.17) is 10.5 Å². The van der Waals surface area contributed by atoms with Gasteiger partial charge in [0.05, 0.1) is 5.56 Å². The highest BCUT2D eigenvalue weighted by Gasteiger charge is 2.30. The van der Waals surface area contributed by atoms with Gasteiger partial charge < -0.3 is 31.4 Å². The lowest BCUT2D eigenvalue weighted by molar-refractivity contribution is -0.140. The van der Waals surface area contributed by atoms with Crippen molar-refractivity contribution >= 4 is 28.4 Å². The predicted molar refractivity (Wildman–Crippen MR) is 139 cm³/mol. The zero-order valence-electron chi connectivity index (χ0n) is 21.7. The molecule has 0 saturated carbocycles. The molecule has 9 nitrogen and oxygen atoms in total. The standard InChI is InChI=1S/C26H35F3N6O3/c1-4-18(34-22(15(2)3)25(37)33-14-26(27,28)29)9-16(11-30)21-13-32-23-20(21)10-17(12-31-23)24(36)35-19-5-7-38-8-6-19/h9-13,15,19,22,34H,4-8,14,30H2,1-3H3,(H,31,32)(H,33,37)(H,35,36)/b16-11+,18-9+/t22-/m1/s1. The topological polar surface area (TPSA) is 134 Å². The average molecular weight is 537 g/mol. The van der Waals surface area contributed by atoms with Crippen LogP contribution in [0.5, 0.6) is 0 Å². The summed E-state index contributed by atoms with van der Waals surface area (Å²) in [6.45, 7) is 5.16. The van der Waals surface area contributed by atoms with E-state index in [0.717, 1.165) is 12.8 Å². The fraction of sp³-hybridized carbons (Fsp3) is 0.500. The number of aromatic amines is 1. The molecule has 0 unspecified atom stereocenters. The Balaban J connectivity index is 1.82. The van der Waals surface area contributed by atoms with Crippen LogP contribution in [0.25, 0.3) is 16.6 Å². The molecular weight excluding hydrogens is 501 g/mol. The molecule has 2 amide bonds. The Labute approximate surface area is 219 Å². The SMILES string of the molecule is CC/C(=C\C(=C/N)c1c[nH]c2ncc(C(=O)NC3CCOCC3)cc12)N[C@@H](C(=O)NCC(F)(F)F)C(C)C. The number of halogens is 3. The molecule has 0 aliphatic carbocycles. The second-order valence-electron chi connectivity index (χ2n) is 9.53. The molecule has 0 bridgehead atoms. The lowest BCUT2D eigenvalue weighted by atomic mass is 10.0. The van der Waals surface area contributed by atoms with Crippen LogP contribution in [0.2, 0.25) is 0 Å². The number of pyridine rings is 1. The molecule has 1 aliphatic heterocycles. The Hall–Kier alpha value is -3.54. The predicted octanol–water partition coefficient (Wildman–Crippen LogP) is 3.36. The molecule has 3 rings (SSSR count). The van der Waals surface area contributed by atoms with Gasteiger partial charge in [0.15, 0.2) is 0 Å². The lowest BCUT2D eigenvalue weighted by Crippen LogP contribution is -2.49. The van der Waals surface area contributed by atoms with E-state index in [2.05, 4.69) is 20.6 Å². The summed E-state index contributed by atoms with van der Waals surface area (Å²) in [5.74, 6) is -1.25. The van der Waals surface area contributed by atoms with Crippen molar-refractivity contribution in [2.45, 2.75) is 58.3 Å². The zero-order valence-corrected chi connectivity index (χ0v) is 21.7. The van der Waals surface area contributed by atoms with E-state index < -0.39 is 24.7 Å². The first kappa shape index (κ1) is 29.0. The van der Waals surface area contributed by atoms with Gasteiger partial charge in [0, 0.05) is 60.1 Å². The number of nitrogens with zero attached hydrogens (tertiary/aromatic N) is 1. The van der Waals surface area contributed by atoms with Crippen LogP contribution in [-0.4, -0.2) is 59.8 Å². The van der Waals surface area contributed by atoms with Crippen LogP contribution in [0.15, 0.2) is 36.4 Å². The zero-order chi connectivity index (χ0) is 27.9. The van der Waals surface area contributed by atoms with Crippen molar-refractivity contribution in [1.29, 1.82) is 0 Å². The summed E-state index contributed by atoms with van der Waals surface area (Å²) in [5, 5.41) is 8.72. The highest BCUT2D eigenvalue weighted by atomic mass is 19.4. The fourth-order valence-corrected chi connectivity index (χ4v) is 4.16. The quantitative estimate of drug-likeness (QED) is 0.296. The number of hydrogen-bond donors (Lipinski definition) is 5. The van der Waals surface area contributed by atoms with E-state index in [1.165, 1.54) is 12.4 Å². The highest BCUT2D eigenvalue weighted by molar-refractivity contribution is 6.00. The number of aromatic nitrogens is 2. The summed E-state index contributed by atoms with van der Waals surface area (Å²) in [7, 11) is 0. The normalized spacial score (nSPS) is 16.5. The number of carbonyl (C=O) groups excluding carboxylic acids is 2. The summed E-state index contributed by atoms with van der Waals surface area (Å²) in [4.78, 5) is 32.8. The summed E-state index contributed by atoms with van der Waals surface area (Å²) in [5.41, 5.74) is 8.81. The molecule has 38 heavy (non-hydrogen) atoms. The molecule has 2 aromatic rings. The molecule has 0 aromatic carbocycles. The minimum absolute atomic E-state index is 0.0421. The number of alkyl halides is 3. The molecule has 0 spiro atoms. The van der Waals surface area contributed by atoms with Crippen LogP contribution >= 0.6 is 0 Å². The van der Waals surface area contributed by atoms with Crippen molar-refractivity contribution in [3.63, 3.8) is 0 Å². The smallest absolute Gasteiger partial charge is 0.404 e. The van der Waals surface area contributed by atoms with Gasteiger partial charge in [0.1, 0.15) is 18.2 Å². The largest absolute Gasteiger partial charge is 0.405 e. The molecule has 12 heteroatoms. The van der Waals surface area contributed by atoms with Crippen LogP contribution in [0.4, 0.5) is 13.2 Å². The van der Waals surface area contributed by atoms with E-state index in [0.29, 0.717) is 53.1 Å². The third-order valence-electron chi connectivity index (χ3n) is 6.30. The summed E-state index contributed by atoms with van der Waals surface area (Å²) >= 11 is 0. The van der Waals surface area contributed by atoms with Crippen LogP contribution in [-0.2, 0) is 9.53 Å². The molecule has 6 N–H and O–H groups in total. The first-order chi connectivity index (χ1) is 18.0. The fourth-order valence-electron chi connectivity index (χ4n) is 4.16. The first-order valence-corrected chi connectivity index (χ1v) is 12.6. The monoisotopic (exact) mass is 536 g/mol. The van der Waals surface area contributed by atoms with Gasteiger partial charge >= 0.3 is 6.18 Å². The van der Waals surface area contributed by atoms with Crippen LogP contribution < -0.4 is 21.7 Å². The van der Waals surface area contributed by atoms with Gasteiger partial charge in [-0.2, -0.15) is 13.2 Å². The number of nitrogens with one attached hydrogen (secondary N) is 4. The third kappa shape index (κ3) is 7.73.